The molecule has 0 radical (unpaired) electrons. The summed E-state index contributed by atoms with van der Waals surface area (Å²) < 4.78 is 21.9. The predicted octanol–water partition coefficient (Wildman–Crippen LogP) is 0.423. The van der Waals surface area contributed by atoms with E-state index in [1.165, 1.54) is 0 Å². The molecule has 4 nitrogen and oxygen atoms in total. The van der Waals surface area contributed by atoms with E-state index in [0.717, 1.165) is 0 Å². The Hall–Kier alpha value is -0.420. The summed E-state index contributed by atoms with van der Waals surface area (Å²) in [6, 6.07) is 0. The quantitative estimate of drug-likeness (QED) is 0.709. The fourth-order valence-electron chi connectivity index (χ4n) is 1.80. The lowest BCUT2D eigenvalue weighted by atomic mass is 9.86. The third kappa shape index (κ3) is 2.77. The smallest absolute Gasteiger partial charge is 0.211 e. The minimum atomic E-state index is -3.39. The minimum Gasteiger partial charge on any atom is -0.300 e. The molecule has 0 aromatic heterocycles. The first-order chi connectivity index (χ1) is 5.91. The summed E-state index contributed by atoms with van der Waals surface area (Å²) in [5, 5.41) is 4.59. The van der Waals surface area contributed by atoms with Crippen molar-refractivity contribution in [2.45, 2.75) is 37.9 Å². The molecule has 1 saturated carbocycles. The standard InChI is InChI=1S/C8H15NO3S/c1-6(10)7-2-4-8(5-3-7)13(9,11)12/h7-8H,2-5H2,1H3,(H2,9,11,12). The van der Waals surface area contributed by atoms with E-state index in [2.05, 4.69) is 0 Å². The first-order valence-corrected chi connectivity index (χ1v) is 6.04. The number of Topliss-reactive ketones (excluding diaryl/α,β-unsaturated/α-hetero) is 1. The van der Waals surface area contributed by atoms with E-state index in [1.807, 2.05) is 0 Å². The van der Waals surface area contributed by atoms with E-state index in [-0.39, 0.29) is 11.7 Å². The molecule has 76 valence electrons. The molecule has 0 unspecified atom stereocenters. The van der Waals surface area contributed by atoms with Gasteiger partial charge in [0.15, 0.2) is 0 Å². The van der Waals surface area contributed by atoms with Gasteiger partial charge in [-0.25, -0.2) is 13.6 Å². The van der Waals surface area contributed by atoms with Crippen molar-refractivity contribution < 1.29 is 13.2 Å². The Morgan fingerprint density at radius 1 is 1.23 bits per heavy atom. The van der Waals surface area contributed by atoms with Crippen LogP contribution in [0.15, 0.2) is 0 Å². The number of hydrogen-bond acceptors (Lipinski definition) is 3. The van der Waals surface area contributed by atoms with Crippen LogP contribution in [0.25, 0.3) is 0 Å². The summed E-state index contributed by atoms with van der Waals surface area (Å²) >= 11 is 0. The Labute approximate surface area is 78.6 Å². The van der Waals surface area contributed by atoms with Crippen LogP contribution in [-0.4, -0.2) is 19.5 Å². The molecule has 1 rings (SSSR count). The molecular formula is C8H15NO3S. The number of primary sulfonamides is 1. The third-order valence-corrected chi connectivity index (χ3v) is 4.11. The highest BCUT2D eigenvalue weighted by Gasteiger charge is 2.29. The molecule has 1 aliphatic rings. The normalized spacial score (nSPS) is 30.0. The van der Waals surface area contributed by atoms with Gasteiger partial charge in [0.25, 0.3) is 0 Å². The molecule has 1 fully saturated rings. The maximum absolute atomic E-state index is 11.0. The highest BCUT2D eigenvalue weighted by Crippen LogP contribution is 2.27. The zero-order chi connectivity index (χ0) is 10.1. The molecule has 0 bridgehead atoms. The van der Waals surface area contributed by atoms with Crippen LogP contribution in [0.3, 0.4) is 0 Å². The topological polar surface area (TPSA) is 77.2 Å². The van der Waals surface area contributed by atoms with Gasteiger partial charge in [-0.15, -0.1) is 0 Å². The summed E-state index contributed by atoms with van der Waals surface area (Å²) in [5.74, 6) is 0.214. The number of hydrogen-bond donors (Lipinski definition) is 1. The van der Waals surface area contributed by atoms with Crippen LogP contribution in [-0.2, 0) is 14.8 Å². The van der Waals surface area contributed by atoms with Crippen molar-refractivity contribution in [1.29, 1.82) is 0 Å². The molecule has 0 spiro atoms. The van der Waals surface area contributed by atoms with Crippen molar-refractivity contribution in [3.05, 3.63) is 0 Å². The zero-order valence-corrected chi connectivity index (χ0v) is 8.51. The lowest BCUT2D eigenvalue weighted by Crippen LogP contribution is -2.33. The zero-order valence-electron chi connectivity index (χ0n) is 7.69. The Kier molecular flexibility index (Phi) is 3.08. The molecule has 1 aliphatic carbocycles. The number of nitrogens with two attached hydrogens (primary N) is 1. The monoisotopic (exact) mass is 205 g/mol. The van der Waals surface area contributed by atoms with Gasteiger partial charge in [0.05, 0.1) is 5.25 Å². The second-order valence-electron chi connectivity index (χ2n) is 3.67. The van der Waals surface area contributed by atoms with E-state index in [1.54, 1.807) is 6.92 Å². The van der Waals surface area contributed by atoms with Gasteiger partial charge >= 0.3 is 0 Å². The van der Waals surface area contributed by atoms with E-state index in [9.17, 15) is 13.2 Å². The van der Waals surface area contributed by atoms with Gasteiger partial charge in [-0.05, 0) is 32.6 Å². The summed E-state index contributed by atoms with van der Waals surface area (Å²) in [5.41, 5.74) is 0. The van der Waals surface area contributed by atoms with Crippen molar-refractivity contribution in [2.75, 3.05) is 0 Å². The number of carbonyl (C=O) groups is 1. The lowest BCUT2D eigenvalue weighted by molar-refractivity contribution is -0.121. The van der Waals surface area contributed by atoms with Gasteiger partial charge < -0.3 is 0 Å². The average Bonchev–Trinajstić information content (AvgIpc) is 2.03. The predicted molar refractivity (Wildman–Crippen MR) is 49.5 cm³/mol. The van der Waals surface area contributed by atoms with Crippen molar-refractivity contribution >= 4 is 15.8 Å². The second-order valence-corrected chi connectivity index (χ2v) is 5.52. The molecule has 13 heavy (non-hydrogen) atoms. The average molecular weight is 205 g/mol. The van der Waals surface area contributed by atoms with Gasteiger partial charge in [-0.2, -0.15) is 0 Å². The van der Waals surface area contributed by atoms with Gasteiger partial charge in [0, 0.05) is 5.92 Å². The SMILES string of the molecule is CC(=O)C1CCC(S(N)(=O)=O)CC1. The van der Waals surface area contributed by atoms with Gasteiger partial charge in [-0.3, -0.25) is 4.79 Å². The number of sulfonamides is 1. The molecule has 2 N–H and O–H groups in total. The highest BCUT2D eigenvalue weighted by molar-refractivity contribution is 7.89. The Morgan fingerprint density at radius 3 is 2.00 bits per heavy atom. The Morgan fingerprint density at radius 2 is 1.69 bits per heavy atom. The van der Waals surface area contributed by atoms with Crippen LogP contribution >= 0.6 is 0 Å². The van der Waals surface area contributed by atoms with Crippen LogP contribution in [0, 0.1) is 5.92 Å². The Bertz CT molecular complexity index is 289. The maximum Gasteiger partial charge on any atom is 0.211 e. The largest absolute Gasteiger partial charge is 0.300 e. The first kappa shape index (κ1) is 10.7. The maximum atomic E-state index is 11.0. The second kappa shape index (κ2) is 3.75. The van der Waals surface area contributed by atoms with Crippen molar-refractivity contribution in [3.63, 3.8) is 0 Å². The molecule has 0 aromatic carbocycles. The van der Waals surface area contributed by atoms with Crippen LogP contribution in [0.2, 0.25) is 0 Å². The summed E-state index contributed by atoms with van der Waals surface area (Å²) in [6.07, 6.45) is 2.39. The summed E-state index contributed by atoms with van der Waals surface area (Å²) in [7, 11) is -3.39. The molecule has 0 atom stereocenters. The van der Waals surface area contributed by atoms with Crippen molar-refractivity contribution in [1.82, 2.24) is 0 Å². The highest BCUT2D eigenvalue weighted by atomic mass is 32.2. The lowest BCUT2D eigenvalue weighted by Gasteiger charge is -2.25. The van der Waals surface area contributed by atoms with E-state index < -0.39 is 15.3 Å². The number of rotatable bonds is 2. The molecular weight excluding hydrogens is 190 g/mol. The van der Waals surface area contributed by atoms with Gasteiger partial charge in [-0.1, -0.05) is 0 Å². The molecule has 0 heterocycles. The molecule has 0 aliphatic heterocycles. The van der Waals surface area contributed by atoms with Crippen LogP contribution in [0.4, 0.5) is 0 Å². The number of ketones is 1. The molecule has 0 aromatic rings. The molecule has 0 amide bonds. The van der Waals surface area contributed by atoms with Crippen LogP contribution < -0.4 is 5.14 Å². The van der Waals surface area contributed by atoms with Crippen molar-refractivity contribution in [3.8, 4) is 0 Å². The van der Waals surface area contributed by atoms with Crippen molar-refractivity contribution in [2.24, 2.45) is 11.1 Å². The first-order valence-electron chi connectivity index (χ1n) is 4.43. The third-order valence-electron chi connectivity index (χ3n) is 2.71. The molecule has 5 heteroatoms. The van der Waals surface area contributed by atoms with Gasteiger partial charge in [0.1, 0.15) is 5.78 Å². The van der Waals surface area contributed by atoms with E-state index in [0.29, 0.717) is 25.7 Å². The van der Waals surface area contributed by atoms with Crippen LogP contribution in [0.5, 0.6) is 0 Å². The number of carbonyl (C=O) groups excluding carboxylic acids is 1. The molecule has 0 saturated heterocycles. The minimum absolute atomic E-state index is 0.0537. The van der Waals surface area contributed by atoms with Crippen LogP contribution in [0.1, 0.15) is 32.6 Å². The summed E-state index contributed by atoms with van der Waals surface area (Å²) in [6.45, 7) is 1.56. The van der Waals surface area contributed by atoms with E-state index >= 15 is 0 Å². The summed E-state index contributed by atoms with van der Waals surface area (Å²) in [4.78, 5) is 11.0. The fraction of sp³-hybridized carbons (Fsp3) is 0.875. The van der Waals surface area contributed by atoms with E-state index in [4.69, 9.17) is 5.14 Å². The fourth-order valence-corrected chi connectivity index (χ4v) is 2.73. The van der Waals surface area contributed by atoms with Gasteiger partial charge in [0.2, 0.25) is 10.0 Å². The Balaban J connectivity index is 2.53.